The summed E-state index contributed by atoms with van der Waals surface area (Å²) in [6.45, 7) is 5.95. The molecule has 0 fully saturated rings. The fourth-order valence-corrected chi connectivity index (χ4v) is 4.33. The van der Waals surface area contributed by atoms with Crippen LogP contribution >= 0.6 is 23.2 Å². The van der Waals surface area contributed by atoms with E-state index in [1.54, 1.807) is 60.7 Å². The highest BCUT2D eigenvalue weighted by molar-refractivity contribution is 6.35. The Kier molecular flexibility index (Phi) is 9.78. The number of nitrogens with one attached hydrogen (secondary N) is 2. The number of rotatable bonds is 10. The number of benzene rings is 3. The summed E-state index contributed by atoms with van der Waals surface area (Å²) in [5.41, 5.74) is 5.37. The van der Waals surface area contributed by atoms with E-state index in [9.17, 15) is 9.59 Å². The molecule has 204 valence electrons. The molecule has 7 nitrogen and oxygen atoms in total. The third kappa shape index (κ3) is 7.40. The number of furan rings is 1. The number of halogens is 2. The summed E-state index contributed by atoms with van der Waals surface area (Å²) in [6.07, 6.45) is 2.96. The first kappa shape index (κ1) is 28.7. The zero-order chi connectivity index (χ0) is 28.5. The summed E-state index contributed by atoms with van der Waals surface area (Å²) in [6, 6.07) is 24.9. The van der Waals surface area contributed by atoms with Gasteiger partial charge in [0, 0.05) is 34.9 Å². The summed E-state index contributed by atoms with van der Waals surface area (Å²) in [7, 11) is 0. The molecule has 2 N–H and O–H groups in total. The number of hydrogen-bond acceptors (Lipinski definition) is 5. The number of hydrazone groups is 1. The van der Waals surface area contributed by atoms with E-state index in [4.69, 9.17) is 27.6 Å². The molecule has 0 aliphatic heterocycles. The molecule has 0 bridgehead atoms. The monoisotopic (exact) mass is 574 g/mol. The molecule has 1 aromatic heterocycles. The highest BCUT2D eigenvalue weighted by atomic mass is 35.5. The summed E-state index contributed by atoms with van der Waals surface area (Å²) >= 11 is 12.3. The average Bonchev–Trinajstić information content (AvgIpc) is 3.44. The van der Waals surface area contributed by atoms with Gasteiger partial charge in [-0.3, -0.25) is 9.59 Å². The summed E-state index contributed by atoms with van der Waals surface area (Å²) in [5, 5.41) is 7.73. The molecule has 0 radical (unpaired) electrons. The van der Waals surface area contributed by atoms with Gasteiger partial charge in [-0.1, -0.05) is 53.5 Å². The molecule has 0 saturated carbocycles. The van der Waals surface area contributed by atoms with Gasteiger partial charge in [-0.15, -0.1) is 0 Å². The Bertz CT molecular complexity index is 1530. The number of nitrogens with zero attached hydrogens (tertiary/aromatic N) is 2. The van der Waals surface area contributed by atoms with Crippen LogP contribution in [-0.4, -0.2) is 31.1 Å². The molecular formula is C31H28Cl2N4O3. The number of carbonyl (C=O) groups is 2. The van der Waals surface area contributed by atoms with Gasteiger partial charge in [-0.25, -0.2) is 5.43 Å². The summed E-state index contributed by atoms with van der Waals surface area (Å²) in [5.74, 6) is -0.126. The van der Waals surface area contributed by atoms with Gasteiger partial charge in [0.1, 0.15) is 17.2 Å². The van der Waals surface area contributed by atoms with Crippen LogP contribution in [0.25, 0.3) is 17.4 Å². The molecule has 4 rings (SSSR count). The van der Waals surface area contributed by atoms with Crippen LogP contribution in [0, 0.1) is 0 Å². The second-order valence-electron chi connectivity index (χ2n) is 8.67. The smallest absolute Gasteiger partial charge is 0.287 e. The van der Waals surface area contributed by atoms with Crippen LogP contribution in [-0.2, 0) is 4.79 Å². The molecule has 40 heavy (non-hydrogen) atoms. The minimum atomic E-state index is -0.599. The lowest BCUT2D eigenvalue weighted by atomic mass is 10.1. The molecule has 4 aromatic rings. The fraction of sp³-hybridized carbons (Fsp3) is 0.129. The third-order valence-electron chi connectivity index (χ3n) is 6.04. The third-order valence-corrected chi connectivity index (χ3v) is 6.60. The number of carbonyl (C=O) groups excluding carboxylic acids is 2. The molecule has 0 aliphatic rings. The summed E-state index contributed by atoms with van der Waals surface area (Å²) in [4.78, 5) is 28.2. The highest BCUT2D eigenvalue weighted by Crippen LogP contribution is 2.31. The lowest BCUT2D eigenvalue weighted by molar-refractivity contribution is -0.117. The van der Waals surface area contributed by atoms with Gasteiger partial charge >= 0.3 is 0 Å². The first-order valence-electron chi connectivity index (χ1n) is 12.7. The fourth-order valence-electron chi connectivity index (χ4n) is 3.95. The lowest BCUT2D eigenvalue weighted by Crippen LogP contribution is -2.32. The Morgan fingerprint density at radius 3 is 2.35 bits per heavy atom. The Labute approximate surface area is 243 Å². The van der Waals surface area contributed by atoms with Crippen molar-refractivity contribution in [3.63, 3.8) is 0 Å². The van der Waals surface area contributed by atoms with Crippen LogP contribution in [0.1, 0.15) is 35.5 Å². The maximum atomic E-state index is 13.1. The van der Waals surface area contributed by atoms with Gasteiger partial charge in [0.15, 0.2) is 0 Å². The second-order valence-corrected chi connectivity index (χ2v) is 9.51. The van der Waals surface area contributed by atoms with Crippen molar-refractivity contribution in [3.05, 3.63) is 118 Å². The number of hydrogen-bond donors (Lipinski definition) is 2. The van der Waals surface area contributed by atoms with Crippen molar-refractivity contribution in [3.8, 4) is 11.3 Å². The Morgan fingerprint density at radius 2 is 1.65 bits per heavy atom. The zero-order valence-corrected chi connectivity index (χ0v) is 23.5. The maximum absolute atomic E-state index is 13.1. The van der Waals surface area contributed by atoms with Gasteiger partial charge in [0.05, 0.1) is 11.2 Å². The largest absolute Gasteiger partial charge is 0.455 e. The highest BCUT2D eigenvalue weighted by Gasteiger charge is 2.15. The van der Waals surface area contributed by atoms with Crippen LogP contribution in [0.2, 0.25) is 10.0 Å². The lowest BCUT2D eigenvalue weighted by Gasteiger charge is -2.20. The first-order valence-corrected chi connectivity index (χ1v) is 13.4. The van der Waals surface area contributed by atoms with Crippen LogP contribution in [0.5, 0.6) is 0 Å². The Morgan fingerprint density at radius 1 is 0.925 bits per heavy atom. The van der Waals surface area contributed by atoms with E-state index in [0.29, 0.717) is 32.7 Å². The van der Waals surface area contributed by atoms with Crippen LogP contribution in [0.3, 0.4) is 0 Å². The zero-order valence-electron chi connectivity index (χ0n) is 22.0. The van der Waals surface area contributed by atoms with E-state index >= 15 is 0 Å². The Balaban J connectivity index is 1.52. The molecule has 1 heterocycles. The van der Waals surface area contributed by atoms with Gasteiger partial charge < -0.3 is 14.6 Å². The van der Waals surface area contributed by atoms with Crippen LogP contribution in [0.15, 0.2) is 100 Å². The maximum Gasteiger partial charge on any atom is 0.287 e. The van der Waals surface area contributed by atoms with E-state index in [2.05, 4.69) is 34.6 Å². The SMILES string of the molecule is CCN(CC)c1ccc(/C=C(\NC(=O)c2ccccc2)C(=O)N/N=C/c2ccc(-c3cc(Cl)ccc3Cl)o2)cc1. The quantitative estimate of drug-likeness (QED) is 0.121. The molecule has 0 unspecified atom stereocenters. The molecule has 0 saturated heterocycles. The first-order chi connectivity index (χ1) is 19.4. The van der Waals surface area contributed by atoms with E-state index < -0.39 is 11.8 Å². The van der Waals surface area contributed by atoms with Crippen molar-refractivity contribution in [1.29, 1.82) is 0 Å². The molecule has 0 atom stereocenters. The van der Waals surface area contributed by atoms with E-state index in [-0.39, 0.29) is 5.70 Å². The van der Waals surface area contributed by atoms with E-state index in [1.807, 2.05) is 30.3 Å². The summed E-state index contributed by atoms with van der Waals surface area (Å²) < 4.78 is 5.78. The van der Waals surface area contributed by atoms with Crippen molar-refractivity contribution in [2.45, 2.75) is 13.8 Å². The second kappa shape index (κ2) is 13.6. The Hall–Kier alpha value is -4.33. The van der Waals surface area contributed by atoms with Crippen molar-refractivity contribution >= 4 is 53.0 Å². The molecule has 9 heteroatoms. The molecular weight excluding hydrogens is 547 g/mol. The van der Waals surface area contributed by atoms with Crippen LogP contribution < -0.4 is 15.6 Å². The van der Waals surface area contributed by atoms with Crippen LogP contribution in [0.4, 0.5) is 5.69 Å². The minimum absolute atomic E-state index is 0.0347. The number of anilines is 1. The number of amides is 2. The predicted octanol–water partition coefficient (Wildman–Crippen LogP) is 7.02. The molecule has 2 amide bonds. The standard InChI is InChI=1S/C31H28Cl2N4O3/c1-3-37(4-2)24-13-10-21(11-14-24)18-28(35-30(38)22-8-6-5-7-9-22)31(39)36-34-20-25-15-17-29(40-25)26-19-23(32)12-16-27(26)33/h5-20H,3-4H2,1-2H3,(H,35,38)(H,36,39)/b28-18-,34-20+. The van der Waals surface area contributed by atoms with Gasteiger partial charge in [-0.2, -0.15) is 5.10 Å². The molecule has 0 spiro atoms. The predicted molar refractivity (Wildman–Crippen MR) is 162 cm³/mol. The van der Waals surface area contributed by atoms with Crippen molar-refractivity contribution in [2.75, 3.05) is 18.0 Å². The molecule has 0 aliphatic carbocycles. The van der Waals surface area contributed by atoms with Gasteiger partial charge in [0.2, 0.25) is 0 Å². The van der Waals surface area contributed by atoms with Gasteiger partial charge in [-0.05, 0) is 80.1 Å². The van der Waals surface area contributed by atoms with Crippen molar-refractivity contribution < 1.29 is 14.0 Å². The van der Waals surface area contributed by atoms with E-state index in [1.165, 1.54) is 6.21 Å². The van der Waals surface area contributed by atoms with Crippen molar-refractivity contribution in [2.24, 2.45) is 5.10 Å². The molecule has 3 aromatic carbocycles. The normalized spacial score (nSPS) is 11.4. The van der Waals surface area contributed by atoms with Crippen molar-refractivity contribution in [1.82, 2.24) is 10.7 Å². The van der Waals surface area contributed by atoms with Gasteiger partial charge in [0.25, 0.3) is 11.8 Å². The average molecular weight is 575 g/mol. The minimum Gasteiger partial charge on any atom is -0.455 e. The topological polar surface area (TPSA) is 86.9 Å². The van der Waals surface area contributed by atoms with E-state index in [0.717, 1.165) is 24.3 Å².